The van der Waals surface area contributed by atoms with Crippen LogP contribution in [0.15, 0.2) is 71.7 Å². The van der Waals surface area contributed by atoms with E-state index in [1.54, 1.807) is 6.07 Å². The van der Waals surface area contributed by atoms with Gasteiger partial charge in [0.25, 0.3) is 0 Å². The monoisotopic (exact) mass is 398 g/mol. The molecule has 3 aromatic carbocycles. The molecule has 0 aliphatic heterocycles. The molecule has 0 atom stereocenters. The highest BCUT2D eigenvalue weighted by atomic mass is 35.5. The Bertz CT molecular complexity index is 917. The normalized spacial score (nSPS) is 11.0. The van der Waals surface area contributed by atoms with Crippen LogP contribution in [-0.4, -0.2) is 20.3 Å². The molecular weight excluding hydrogens is 379 g/mol. The van der Waals surface area contributed by atoms with E-state index in [0.29, 0.717) is 16.7 Å². The number of benzene rings is 3. The molecule has 0 aliphatic carbocycles. The van der Waals surface area contributed by atoms with Gasteiger partial charge in [0, 0.05) is 41.6 Å². The van der Waals surface area contributed by atoms with E-state index in [2.05, 4.69) is 9.89 Å². The summed E-state index contributed by atoms with van der Waals surface area (Å²) in [6.45, 7) is 0.378. The first-order valence-corrected chi connectivity index (χ1v) is 9.25. The highest BCUT2D eigenvalue weighted by Crippen LogP contribution is 2.23. The van der Waals surface area contributed by atoms with Crippen molar-refractivity contribution in [2.45, 2.75) is 6.61 Å². The van der Waals surface area contributed by atoms with Crippen molar-refractivity contribution in [2.75, 3.05) is 19.0 Å². The van der Waals surface area contributed by atoms with E-state index in [1.807, 2.05) is 81.0 Å². The Morgan fingerprint density at radius 1 is 0.926 bits per heavy atom. The summed E-state index contributed by atoms with van der Waals surface area (Å²) >= 11 is 12.1. The minimum Gasteiger partial charge on any atom is -0.488 e. The van der Waals surface area contributed by atoms with Crippen molar-refractivity contribution in [3.05, 3.63) is 87.9 Å². The third-order valence-electron chi connectivity index (χ3n) is 3.95. The molecule has 5 heteroatoms. The second-order valence-corrected chi connectivity index (χ2v) is 7.15. The third kappa shape index (κ3) is 5.49. The summed E-state index contributed by atoms with van der Waals surface area (Å²) in [7, 11) is 4.03. The fourth-order valence-electron chi connectivity index (χ4n) is 2.55. The van der Waals surface area contributed by atoms with E-state index in [9.17, 15) is 0 Å². The van der Waals surface area contributed by atoms with E-state index < -0.39 is 0 Å². The van der Waals surface area contributed by atoms with Crippen LogP contribution in [0.4, 0.5) is 11.4 Å². The predicted molar refractivity (Wildman–Crippen MR) is 115 cm³/mol. The zero-order chi connectivity index (χ0) is 19.2. The number of halogens is 2. The van der Waals surface area contributed by atoms with Crippen molar-refractivity contribution < 1.29 is 4.74 Å². The molecule has 0 amide bonds. The molecule has 0 heterocycles. The lowest BCUT2D eigenvalue weighted by Crippen LogP contribution is -2.07. The second-order valence-electron chi connectivity index (χ2n) is 6.27. The standard InChI is InChI=1S/C22H20Cl2N2O/c1-26(2)21-9-7-20(8-10-21)25-14-17-5-3-4-6-22(17)27-15-16-11-18(23)13-19(24)12-16/h3-14H,15H2,1-2H3. The highest BCUT2D eigenvalue weighted by molar-refractivity contribution is 6.34. The molecule has 0 bridgehead atoms. The van der Waals surface area contributed by atoms with Crippen LogP contribution in [0.3, 0.4) is 0 Å². The van der Waals surface area contributed by atoms with Gasteiger partial charge in [-0.1, -0.05) is 35.3 Å². The SMILES string of the molecule is CN(C)c1ccc(N=Cc2ccccc2OCc2cc(Cl)cc(Cl)c2)cc1. The van der Waals surface area contributed by atoms with Crippen LogP contribution >= 0.6 is 23.2 Å². The molecule has 0 spiro atoms. The fourth-order valence-corrected chi connectivity index (χ4v) is 3.13. The van der Waals surface area contributed by atoms with Crippen LogP contribution < -0.4 is 9.64 Å². The molecule has 3 rings (SSSR count). The Kier molecular flexibility index (Phi) is 6.38. The van der Waals surface area contributed by atoms with Gasteiger partial charge in [0.05, 0.1) is 5.69 Å². The summed E-state index contributed by atoms with van der Waals surface area (Å²) in [5, 5.41) is 1.19. The molecule has 0 aromatic heterocycles. The summed E-state index contributed by atoms with van der Waals surface area (Å²) in [6, 6.07) is 21.2. The molecule has 0 saturated carbocycles. The molecule has 0 N–H and O–H groups in total. The van der Waals surface area contributed by atoms with Gasteiger partial charge in [-0.2, -0.15) is 0 Å². The fraction of sp³-hybridized carbons (Fsp3) is 0.136. The molecule has 0 saturated heterocycles. The maximum Gasteiger partial charge on any atom is 0.128 e. The zero-order valence-electron chi connectivity index (χ0n) is 15.2. The van der Waals surface area contributed by atoms with E-state index in [-0.39, 0.29) is 0 Å². The topological polar surface area (TPSA) is 24.8 Å². The lowest BCUT2D eigenvalue weighted by atomic mass is 10.2. The number of hydrogen-bond acceptors (Lipinski definition) is 3. The zero-order valence-corrected chi connectivity index (χ0v) is 16.7. The van der Waals surface area contributed by atoms with E-state index >= 15 is 0 Å². The molecule has 138 valence electrons. The quantitative estimate of drug-likeness (QED) is 0.449. The number of rotatable bonds is 6. The molecular formula is C22H20Cl2N2O. The van der Waals surface area contributed by atoms with Crippen LogP contribution in [0.1, 0.15) is 11.1 Å². The molecule has 3 aromatic rings. The largest absolute Gasteiger partial charge is 0.488 e. The van der Waals surface area contributed by atoms with Gasteiger partial charge in [-0.15, -0.1) is 0 Å². The Morgan fingerprint density at radius 3 is 2.26 bits per heavy atom. The maximum atomic E-state index is 6.05. The molecule has 0 fully saturated rings. The predicted octanol–water partition coefficient (Wildman–Crippen LogP) is 6.39. The maximum absolute atomic E-state index is 6.05. The van der Waals surface area contributed by atoms with Crippen molar-refractivity contribution in [3.8, 4) is 5.75 Å². The van der Waals surface area contributed by atoms with Gasteiger partial charge in [-0.25, -0.2) is 0 Å². The molecule has 27 heavy (non-hydrogen) atoms. The van der Waals surface area contributed by atoms with Gasteiger partial charge in [0.1, 0.15) is 12.4 Å². The molecule has 0 radical (unpaired) electrons. The number of hydrogen-bond donors (Lipinski definition) is 0. The lowest BCUT2D eigenvalue weighted by Gasteiger charge is -2.11. The van der Waals surface area contributed by atoms with Crippen molar-refractivity contribution >= 4 is 40.8 Å². The van der Waals surface area contributed by atoms with Gasteiger partial charge in [0.2, 0.25) is 0 Å². The van der Waals surface area contributed by atoms with Crippen LogP contribution in [0.2, 0.25) is 10.0 Å². The van der Waals surface area contributed by atoms with E-state index in [0.717, 1.165) is 28.3 Å². The third-order valence-corrected chi connectivity index (χ3v) is 4.39. The van der Waals surface area contributed by atoms with Gasteiger partial charge in [0.15, 0.2) is 0 Å². The summed E-state index contributed by atoms with van der Waals surface area (Å²) in [6.07, 6.45) is 1.81. The van der Waals surface area contributed by atoms with Crippen LogP contribution in [0.5, 0.6) is 5.75 Å². The number of para-hydroxylation sites is 1. The average molecular weight is 399 g/mol. The number of anilines is 1. The number of nitrogens with zero attached hydrogens (tertiary/aromatic N) is 2. The van der Waals surface area contributed by atoms with Crippen LogP contribution in [0.25, 0.3) is 0 Å². The Labute approximate surface area is 169 Å². The first kappa shape index (κ1) is 19.3. The summed E-state index contributed by atoms with van der Waals surface area (Å²) in [5.41, 5.74) is 3.84. The second kappa shape index (κ2) is 8.94. The number of aliphatic imine (C=N–C) groups is 1. The molecule has 3 nitrogen and oxygen atoms in total. The Balaban J connectivity index is 1.73. The lowest BCUT2D eigenvalue weighted by molar-refractivity contribution is 0.306. The summed E-state index contributed by atoms with van der Waals surface area (Å²) in [4.78, 5) is 6.61. The van der Waals surface area contributed by atoms with Gasteiger partial charge < -0.3 is 9.64 Å². The molecule has 0 aliphatic rings. The highest BCUT2D eigenvalue weighted by Gasteiger charge is 2.04. The van der Waals surface area contributed by atoms with Crippen molar-refractivity contribution in [2.24, 2.45) is 4.99 Å². The summed E-state index contributed by atoms with van der Waals surface area (Å²) in [5.74, 6) is 0.752. The minimum atomic E-state index is 0.378. The van der Waals surface area contributed by atoms with Crippen LogP contribution in [-0.2, 0) is 6.61 Å². The Morgan fingerprint density at radius 2 is 1.59 bits per heavy atom. The van der Waals surface area contributed by atoms with E-state index in [1.165, 1.54) is 0 Å². The van der Waals surface area contributed by atoms with Crippen molar-refractivity contribution in [3.63, 3.8) is 0 Å². The van der Waals surface area contributed by atoms with Crippen molar-refractivity contribution in [1.29, 1.82) is 0 Å². The number of ether oxygens (including phenoxy) is 1. The van der Waals surface area contributed by atoms with Gasteiger partial charge in [-0.3, -0.25) is 4.99 Å². The first-order valence-electron chi connectivity index (χ1n) is 8.49. The van der Waals surface area contributed by atoms with Gasteiger partial charge >= 0.3 is 0 Å². The van der Waals surface area contributed by atoms with Crippen molar-refractivity contribution in [1.82, 2.24) is 0 Å². The van der Waals surface area contributed by atoms with E-state index in [4.69, 9.17) is 27.9 Å². The molecule has 0 unspecified atom stereocenters. The Hall–Kier alpha value is -2.49. The van der Waals surface area contributed by atoms with Crippen LogP contribution in [0, 0.1) is 0 Å². The minimum absolute atomic E-state index is 0.378. The average Bonchev–Trinajstić information content (AvgIpc) is 2.65. The first-order chi connectivity index (χ1) is 13.0. The summed E-state index contributed by atoms with van der Waals surface area (Å²) < 4.78 is 5.96. The van der Waals surface area contributed by atoms with Gasteiger partial charge in [-0.05, 0) is 60.2 Å². The smallest absolute Gasteiger partial charge is 0.128 e.